The zero-order chi connectivity index (χ0) is 15.1. The summed E-state index contributed by atoms with van der Waals surface area (Å²) in [5.41, 5.74) is 0. The van der Waals surface area contributed by atoms with Crippen molar-refractivity contribution >= 4 is 17.2 Å². The largest absolute Gasteiger partial charge is 0.395 e. The minimum atomic E-state index is 0.00484. The van der Waals surface area contributed by atoms with E-state index in [0.717, 1.165) is 17.4 Å². The van der Waals surface area contributed by atoms with E-state index in [1.54, 1.807) is 18.0 Å². The Kier molecular flexibility index (Phi) is 6.24. The van der Waals surface area contributed by atoms with Gasteiger partial charge in [0.1, 0.15) is 0 Å². The lowest BCUT2D eigenvalue weighted by atomic mass is 10.3. The van der Waals surface area contributed by atoms with Crippen LogP contribution in [-0.2, 0) is 4.74 Å². The van der Waals surface area contributed by atoms with Gasteiger partial charge in [0.05, 0.1) is 23.0 Å². The summed E-state index contributed by atoms with van der Waals surface area (Å²) in [6.07, 6.45) is 3.02. The van der Waals surface area contributed by atoms with E-state index < -0.39 is 0 Å². The fourth-order valence-corrected chi connectivity index (χ4v) is 2.63. The fourth-order valence-electron chi connectivity index (χ4n) is 1.75. The minimum Gasteiger partial charge on any atom is -0.395 e. The molecule has 0 bridgehead atoms. The molecule has 1 amide bonds. The monoisotopic (exact) mass is 307 g/mol. The lowest BCUT2D eigenvalue weighted by Crippen LogP contribution is -2.29. The minimum absolute atomic E-state index is 0.00484. The number of aliphatic hydroxyl groups excluding tert-OH is 1. The molecule has 114 valence electrons. The van der Waals surface area contributed by atoms with Gasteiger partial charge in [-0.05, 0) is 30.9 Å². The third-order valence-electron chi connectivity index (χ3n) is 3.23. The van der Waals surface area contributed by atoms with Crippen molar-refractivity contribution in [1.82, 2.24) is 4.90 Å². The molecule has 5 heteroatoms. The van der Waals surface area contributed by atoms with Crippen LogP contribution < -0.4 is 0 Å². The van der Waals surface area contributed by atoms with Crippen molar-refractivity contribution in [1.29, 1.82) is 0 Å². The predicted molar refractivity (Wildman–Crippen MR) is 83.4 cm³/mol. The summed E-state index contributed by atoms with van der Waals surface area (Å²) in [6.45, 7) is 2.08. The number of likely N-dealkylation sites (N-methyl/N-ethyl adjacent to an activating group) is 1. The molecule has 1 aliphatic carbocycles. The summed E-state index contributed by atoms with van der Waals surface area (Å²) in [4.78, 5) is 15.4. The highest BCUT2D eigenvalue weighted by atomic mass is 32.1. The van der Waals surface area contributed by atoms with Crippen molar-refractivity contribution in [3.63, 3.8) is 0 Å². The Bertz CT molecular complexity index is 525. The smallest absolute Gasteiger partial charge is 0.263 e. The van der Waals surface area contributed by atoms with Crippen molar-refractivity contribution < 1.29 is 14.6 Å². The fraction of sp³-hybridized carbons (Fsp3) is 0.562. The lowest BCUT2D eigenvalue weighted by molar-refractivity contribution is 0.0685. The number of hydrogen-bond donors (Lipinski definition) is 1. The first-order chi connectivity index (χ1) is 10.2. The molecule has 0 radical (unpaired) electrons. The van der Waals surface area contributed by atoms with Crippen LogP contribution in [0.15, 0.2) is 12.1 Å². The Morgan fingerprint density at radius 1 is 1.52 bits per heavy atom. The average molecular weight is 307 g/mol. The number of carbonyl (C=O) groups is 1. The third kappa shape index (κ3) is 5.50. The number of hydrogen-bond acceptors (Lipinski definition) is 4. The molecule has 2 rings (SSSR count). The molecule has 0 saturated heterocycles. The van der Waals surface area contributed by atoms with Crippen molar-refractivity contribution in [2.45, 2.75) is 19.3 Å². The van der Waals surface area contributed by atoms with E-state index in [2.05, 4.69) is 11.8 Å². The first-order valence-corrected chi connectivity index (χ1v) is 8.05. The standard InChI is InChI=1S/C16H21NO3S/c1-17(9-11-20-12-13-5-6-13)16(19)15-8-7-14(21-15)4-2-3-10-18/h7-8,13,18H,3,5-6,9-12H2,1H3. The summed E-state index contributed by atoms with van der Waals surface area (Å²) in [7, 11) is 1.79. The highest BCUT2D eigenvalue weighted by Crippen LogP contribution is 2.28. The Labute approximate surface area is 129 Å². The predicted octanol–water partition coefficient (Wildman–Crippen LogP) is 1.98. The van der Waals surface area contributed by atoms with Crippen LogP contribution in [-0.4, -0.2) is 49.3 Å². The van der Waals surface area contributed by atoms with E-state index in [-0.39, 0.29) is 12.5 Å². The van der Waals surface area contributed by atoms with Gasteiger partial charge in [-0.2, -0.15) is 0 Å². The molecular weight excluding hydrogens is 286 g/mol. The number of ether oxygens (including phenoxy) is 1. The molecule has 1 aliphatic rings. The number of rotatable bonds is 7. The molecule has 0 spiro atoms. The Morgan fingerprint density at radius 3 is 3.05 bits per heavy atom. The maximum Gasteiger partial charge on any atom is 0.263 e. The van der Waals surface area contributed by atoms with Gasteiger partial charge in [-0.15, -0.1) is 11.3 Å². The summed E-state index contributed by atoms with van der Waals surface area (Å²) in [5.74, 6) is 6.56. The van der Waals surface area contributed by atoms with E-state index in [1.807, 2.05) is 6.07 Å². The quantitative estimate of drug-likeness (QED) is 0.619. The maximum atomic E-state index is 12.2. The van der Waals surface area contributed by atoms with Gasteiger partial charge in [0.2, 0.25) is 0 Å². The van der Waals surface area contributed by atoms with Crippen molar-refractivity contribution in [2.24, 2.45) is 5.92 Å². The van der Waals surface area contributed by atoms with Crippen molar-refractivity contribution in [3.05, 3.63) is 21.9 Å². The van der Waals surface area contributed by atoms with Gasteiger partial charge >= 0.3 is 0 Å². The molecule has 1 N–H and O–H groups in total. The molecule has 1 fully saturated rings. The van der Waals surface area contributed by atoms with Crippen LogP contribution in [0.1, 0.15) is 33.8 Å². The SMILES string of the molecule is CN(CCOCC1CC1)C(=O)c1ccc(C#CCCO)s1. The molecule has 1 saturated carbocycles. The molecule has 0 aliphatic heterocycles. The summed E-state index contributed by atoms with van der Waals surface area (Å²) in [5, 5.41) is 8.68. The molecule has 0 atom stereocenters. The normalized spacial score (nSPS) is 13.6. The van der Waals surface area contributed by atoms with Crippen LogP contribution in [0.2, 0.25) is 0 Å². The topological polar surface area (TPSA) is 49.8 Å². The second kappa shape index (κ2) is 8.18. The molecule has 1 heterocycles. The third-order valence-corrected chi connectivity index (χ3v) is 4.22. The number of amides is 1. The van der Waals surface area contributed by atoms with Crippen molar-refractivity contribution in [3.8, 4) is 11.8 Å². The van der Waals surface area contributed by atoms with Gasteiger partial charge in [0.15, 0.2) is 0 Å². The van der Waals surface area contributed by atoms with Crippen molar-refractivity contribution in [2.75, 3.05) is 33.4 Å². The second-order valence-corrected chi connectivity index (χ2v) is 6.27. The molecule has 1 aromatic rings. The van der Waals surface area contributed by atoms with Crippen LogP contribution >= 0.6 is 11.3 Å². The average Bonchev–Trinajstić information content (AvgIpc) is 3.19. The van der Waals surface area contributed by atoms with E-state index in [4.69, 9.17) is 9.84 Å². The highest BCUT2D eigenvalue weighted by molar-refractivity contribution is 7.14. The first-order valence-electron chi connectivity index (χ1n) is 7.23. The Balaban J connectivity index is 1.76. The maximum absolute atomic E-state index is 12.2. The van der Waals surface area contributed by atoms with Gasteiger partial charge in [-0.25, -0.2) is 0 Å². The van der Waals surface area contributed by atoms with Gasteiger partial charge in [0.25, 0.3) is 5.91 Å². The number of thiophene rings is 1. The van der Waals surface area contributed by atoms with Crippen LogP contribution in [0.5, 0.6) is 0 Å². The van der Waals surface area contributed by atoms with Crippen LogP contribution in [0, 0.1) is 17.8 Å². The Hall–Kier alpha value is -1.35. The number of nitrogens with zero attached hydrogens (tertiary/aromatic N) is 1. The summed E-state index contributed by atoms with van der Waals surface area (Å²) in [6, 6.07) is 3.65. The van der Waals surface area contributed by atoms with Crippen LogP contribution in [0.25, 0.3) is 0 Å². The van der Waals surface area contributed by atoms with Crippen LogP contribution in [0.4, 0.5) is 0 Å². The molecule has 4 nitrogen and oxygen atoms in total. The van der Waals surface area contributed by atoms with Gasteiger partial charge in [0, 0.05) is 26.6 Å². The van der Waals surface area contributed by atoms with E-state index >= 15 is 0 Å². The van der Waals surface area contributed by atoms with Gasteiger partial charge < -0.3 is 14.7 Å². The highest BCUT2D eigenvalue weighted by Gasteiger charge is 2.21. The van der Waals surface area contributed by atoms with Crippen LogP contribution in [0.3, 0.4) is 0 Å². The molecule has 0 unspecified atom stereocenters. The van der Waals surface area contributed by atoms with Gasteiger partial charge in [-0.1, -0.05) is 11.8 Å². The van der Waals surface area contributed by atoms with E-state index in [1.165, 1.54) is 24.2 Å². The second-order valence-electron chi connectivity index (χ2n) is 5.18. The van der Waals surface area contributed by atoms with E-state index in [0.29, 0.717) is 24.4 Å². The summed E-state index contributed by atoms with van der Waals surface area (Å²) < 4.78 is 5.55. The zero-order valence-corrected chi connectivity index (χ0v) is 13.1. The van der Waals surface area contributed by atoms with Gasteiger partial charge in [-0.3, -0.25) is 4.79 Å². The number of aliphatic hydroxyl groups is 1. The van der Waals surface area contributed by atoms with E-state index in [9.17, 15) is 4.79 Å². The molecule has 21 heavy (non-hydrogen) atoms. The first kappa shape index (κ1) is 16.0. The zero-order valence-electron chi connectivity index (χ0n) is 12.3. The Morgan fingerprint density at radius 2 is 2.33 bits per heavy atom. The molecule has 0 aromatic carbocycles. The number of carbonyl (C=O) groups excluding carboxylic acids is 1. The summed E-state index contributed by atoms with van der Waals surface area (Å²) >= 11 is 1.39. The molecular formula is C16H21NO3S. The molecule has 1 aromatic heterocycles. The lowest BCUT2D eigenvalue weighted by Gasteiger charge is -2.16.